The van der Waals surface area contributed by atoms with Gasteiger partial charge >= 0.3 is 0 Å². The zero-order valence-corrected chi connectivity index (χ0v) is 9.84. The zero-order chi connectivity index (χ0) is 10.3. The molecule has 0 radical (unpaired) electrons. The van der Waals surface area contributed by atoms with Gasteiger partial charge in [-0.3, -0.25) is 0 Å². The minimum atomic E-state index is 0.685. The van der Waals surface area contributed by atoms with Gasteiger partial charge in [0.15, 0.2) is 0 Å². The molecule has 0 bridgehead atoms. The summed E-state index contributed by atoms with van der Waals surface area (Å²) in [5.74, 6) is 0.943. The molecule has 86 valence electrons. The summed E-state index contributed by atoms with van der Waals surface area (Å²) in [5, 5.41) is 3.43. The zero-order valence-electron chi connectivity index (χ0n) is 9.84. The van der Waals surface area contributed by atoms with E-state index in [2.05, 4.69) is 22.2 Å². The molecule has 3 aliphatic rings. The quantitative estimate of drug-likeness (QED) is 0.702. The Morgan fingerprint density at radius 2 is 2.20 bits per heavy atom. The third-order valence-electron chi connectivity index (χ3n) is 4.52. The Hall–Kier alpha value is -0.120. The smallest absolute Gasteiger partial charge is 0.00918 e. The first-order valence-electron chi connectivity index (χ1n) is 6.37. The van der Waals surface area contributed by atoms with E-state index >= 15 is 0 Å². The van der Waals surface area contributed by atoms with Crippen LogP contribution in [-0.4, -0.2) is 62.7 Å². The highest BCUT2D eigenvalue weighted by Gasteiger charge is 2.43. The summed E-state index contributed by atoms with van der Waals surface area (Å²) in [7, 11) is 2.25. The van der Waals surface area contributed by atoms with Crippen molar-refractivity contribution in [2.75, 3.05) is 52.9 Å². The van der Waals surface area contributed by atoms with Crippen LogP contribution in [0.3, 0.4) is 0 Å². The maximum Gasteiger partial charge on any atom is 0.00918 e. The molecule has 3 rings (SSSR count). The molecule has 3 heteroatoms. The fourth-order valence-electron chi connectivity index (χ4n) is 3.49. The number of likely N-dealkylation sites (tertiary alicyclic amines) is 2. The second-order valence-electron chi connectivity index (χ2n) is 6.01. The van der Waals surface area contributed by atoms with Crippen LogP contribution in [0, 0.1) is 11.3 Å². The molecule has 0 aliphatic carbocycles. The van der Waals surface area contributed by atoms with Gasteiger partial charge < -0.3 is 15.1 Å². The third-order valence-corrected chi connectivity index (χ3v) is 4.52. The highest BCUT2D eigenvalue weighted by atomic mass is 15.2. The lowest BCUT2D eigenvalue weighted by atomic mass is 9.81. The van der Waals surface area contributed by atoms with E-state index in [1.165, 1.54) is 58.7 Å². The van der Waals surface area contributed by atoms with Crippen molar-refractivity contribution in [1.29, 1.82) is 0 Å². The monoisotopic (exact) mass is 209 g/mol. The first kappa shape index (κ1) is 10.1. The molecule has 1 spiro atoms. The van der Waals surface area contributed by atoms with E-state index in [-0.39, 0.29) is 0 Å². The van der Waals surface area contributed by atoms with Crippen LogP contribution in [0.5, 0.6) is 0 Å². The van der Waals surface area contributed by atoms with Gasteiger partial charge in [-0.1, -0.05) is 0 Å². The third kappa shape index (κ3) is 1.93. The molecular weight excluding hydrogens is 186 g/mol. The Bertz CT molecular complexity index is 237. The molecule has 3 aliphatic heterocycles. The lowest BCUT2D eigenvalue weighted by Gasteiger charge is -2.39. The van der Waals surface area contributed by atoms with Crippen molar-refractivity contribution in [3.05, 3.63) is 0 Å². The predicted octanol–water partition coefficient (Wildman–Crippen LogP) is 0.233. The molecule has 0 aromatic carbocycles. The first-order valence-corrected chi connectivity index (χ1v) is 6.37. The van der Waals surface area contributed by atoms with Crippen LogP contribution in [0.2, 0.25) is 0 Å². The molecule has 1 atom stereocenters. The molecular formula is C12H23N3. The van der Waals surface area contributed by atoms with E-state index in [9.17, 15) is 0 Å². The first-order chi connectivity index (χ1) is 7.26. The maximum atomic E-state index is 3.43. The Labute approximate surface area is 92.8 Å². The SMILES string of the molecule is CN1CCC(CN2CCC3(CNC3)C2)C1. The predicted molar refractivity (Wildman–Crippen MR) is 62.0 cm³/mol. The van der Waals surface area contributed by atoms with Crippen LogP contribution in [0.1, 0.15) is 12.8 Å². The summed E-state index contributed by atoms with van der Waals surface area (Å²) >= 11 is 0. The standard InChI is InChI=1S/C12H23N3/c1-14-4-2-11(6-14)7-15-5-3-12(10-15)8-13-9-12/h11,13H,2-10H2,1H3. The molecule has 15 heavy (non-hydrogen) atoms. The summed E-state index contributed by atoms with van der Waals surface area (Å²) in [5.41, 5.74) is 0.685. The van der Waals surface area contributed by atoms with Gasteiger partial charge in [0, 0.05) is 38.1 Å². The second kappa shape index (κ2) is 3.72. The van der Waals surface area contributed by atoms with E-state index in [0.717, 1.165) is 5.92 Å². The second-order valence-corrected chi connectivity index (χ2v) is 6.01. The van der Waals surface area contributed by atoms with Gasteiger partial charge in [-0.2, -0.15) is 0 Å². The van der Waals surface area contributed by atoms with Crippen molar-refractivity contribution < 1.29 is 0 Å². The number of nitrogens with zero attached hydrogens (tertiary/aromatic N) is 2. The lowest BCUT2D eigenvalue weighted by molar-refractivity contribution is 0.161. The van der Waals surface area contributed by atoms with Crippen molar-refractivity contribution in [3.63, 3.8) is 0 Å². The molecule has 3 fully saturated rings. The topological polar surface area (TPSA) is 18.5 Å². The highest BCUT2D eigenvalue weighted by molar-refractivity contribution is 4.99. The van der Waals surface area contributed by atoms with Crippen molar-refractivity contribution in [2.24, 2.45) is 11.3 Å². The molecule has 1 N–H and O–H groups in total. The van der Waals surface area contributed by atoms with Gasteiger partial charge in [0.25, 0.3) is 0 Å². The van der Waals surface area contributed by atoms with Crippen LogP contribution in [0.25, 0.3) is 0 Å². The molecule has 0 saturated carbocycles. The Balaban J connectivity index is 1.48. The average Bonchev–Trinajstić information content (AvgIpc) is 2.72. The van der Waals surface area contributed by atoms with Crippen molar-refractivity contribution in [1.82, 2.24) is 15.1 Å². The Kier molecular flexibility index (Phi) is 2.49. The molecule has 1 unspecified atom stereocenters. The van der Waals surface area contributed by atoms with E-state index in [1.54, 1.807) is 0 Å². The number of nitrogens with one attached hydrogen (secondary N) is 1. The van der Waals surface area contributed by atoms with E-state index in [1.807, 2.05) is 0 Å². The minimum absolute atomic E-state index is 0.685. The number of hydrogen-bond donors (Lipinski definition) is 1. The largest absolute Gasteiger partial charge is 0.315 e. The van der Waals surface area contributed by atoms with Crippen molar-refractivity contribution >= 4 is 0 Å². The Morgan fingerprint density at radius 1 is 1.33 bits per heavy atom. The minimum Gasteiger partial charge on any atom is -0.315 e. The molecule has 0 amide bonds. The van der Waals surface area contributed by atoms with E-state index < -0.39 is 0 Å². The van der Waals surface area contributed by atoms with Crippen LogP contribution < -0.4 is 5.32 Å². The van der Waals surface area contributed by atoms with Gasteiger partial charge in [0.2, 0.25) is 0 Å². The van der Waals surface area contributed by atoms with Crippen LogP contribution in [-0.2, 0) is 0 Å². The lowest BCUT2D eigenvalue weighted by Crippen LogP contribution is -2.54. The van der Waals surface area contributed by atoms with Gasteiger partial charge in [-0.25, -0.2) is 0 Å². The average molecular weight is 209 g/mol. The molecule has 3 nitrogen and oxygen atoms in total. The fourth-order valence-corrected chi connectivity index (χ4v) is 3.49. The van der Waals surface area contributed by atoms with Crippen LogP contribution >= 0.6 is 0 Å². The van der Waals surface area contributed by atoms with Gasteiger partial charge in [-0.05, 0) is 38.9 Å². The van der Waals surface area contributed by atoms with Gasteiger partial charge in [0.05, 0.1) is 0 Å². The van der Waals surface area contributed by atoms with Gasteiger partial charge in [-0.15, -0.1) is 0 Å². The van der Waals surface area contributed by atoms with Crippen LogP contribution in [0.15, 0.2) is 0 Å². The highest BCUT2D eigenvalue weighted by Crippen LogP contribution is 2.34. The fraction of sp³-hybridized carbons (Fsp3) is 1.00. The Morgan fingerprint density at radius 3 is 2.73 bits per heavy atom. The molecule has 0 aromatic rings. The molecule has 3 heterocycles. The summed E-state index contributed by atoms with van der Waals surface area (Å²) in [4.78, 5) is 5.19. The molecule has 3 saturated heterocycles. The van der Waals surface area contributed by atoms with Crippen molar-refractivity contribution in [3.8, 4) is 0 Å². The summed E-state index contributed by atoms with van der Waals surface area (Å²) in [6, 6.07) is 0. The molecule has 0 aromatic heterocycles. The van der Waals surface area contributed by atoms with E-state index in [0.29, 0.717) is 5.41 Å². The number of hydrogen-bond acceptors (Lipinski definition) is 3. The normalized spacial score (nSPS) is 36.2. The van der Waals surface area contributed by atoms with E-state index in [4.69, 9.17) is 0 Å². The summed E-state index contributed by atoms with van der Waals surface area (Å²) < 4.78 is 0. The summed E-state index contributed by atoms with van der Waals surface area (Å²) in [6.45, 7) is 9.24. The number of rotatable bonds is 2. The maximum absolute atomic E-state index is 3.43. The van der Waals surface area contributed by atoms with Crippen molar-refractivity contribution in [2.45, 2.75) is 12.8 Å². The van der Waals surface area contributed by atoms with Crippen LogP contribution in [0.4, 0.5) is 0 Å². The summed E-state index contributed by atoms with van der Waals surface area (Å²) in [6.07, 6.45) is 2.85. The van der Waals surface area contributed by atoms with Gasteiger partial charge in [0.1, 0.15) is 0 Å².